The van der Waals surface area contributed by atoms with Crippen LogP contribution in [0.2, 0.25) is 0 Å². The van der Waals surface area contributed by atoms with Crippen molar-refractivity contribution in [3.05, 3.63) is 29.6 Å². The summed E-state index contributed by atoms with van der Waals surface area (Å²) in [6, 6.07) is 3.37. The predicted octanol–water partition coefficient (Wildman–Crippen LogP) is 3.42. The lowest BCUT2D eigenvalue weighted by molar-refractivity contribution is 0.0693. The van der Waals surface area contributed by atoms with Crippen LogP contribution in [0.5, 0.6) is 0 Å². The van der Waals surface area contributed by atoms with Gasteiger partial charge in [-0.2, -0.15) is 0 Å². The lowest BCUT2D eigenvalue weighted by Crippen LogP contribution is -2.38. The molecule has 116 valence electrons. The second-order valence-corrected chi connectivity index (χ2v) is 4.95. The van der Waals surface area contributed by atoms with E-state index >= 15 is 0 Å². The van der Waals surface area contributed by atoms with E-state index in [9.17, 15) is 14.0 Å². The maximum atomic E-state index is 13.6. The standard InChI is InChI=1S/C15H21FN2O3/c1-4-10(3)9-18(5-2)15(21)17-12-8-6-7-11(16)13(12)14(19)20/h6-8,10H,4-5,9H2,1-3H3,(H,17,21)(H,19,20). The highest BCUT2D eigenvalue weighted by atomic mass is 19.1. The van der Waals surface area contributed by atoms with Crippen molar-refractivity contribution >= 4 is 17.7 Å². The molecule has 1 unspecified atom stereocenters. The van der Waals surface area contributed by atoms with Gasteiger partial charge in [0, 0.05) is 13.1 Å². The molecule has 1 aromatic carbocycles. The lowest BCUT2D eigenvalue weighted by atomic mass is 10.1. The van der Waals surface area contributed by atoms with Gasteiger partial charge in [-0.3, -0.25) is 0 Å². The number of nitrogens with one attached hydrogen (secondary N) is 1. The molecule has 0 aliphatic heterocycles. The van der Waals surface area contributed by atoms with Crippen LogP contribution in [0.15, 0.2) is 18.2 Å². The number of nitrogens with zero attached hydrogens (tertiary/aromatic N) is 1. The zero-order valence-corrected chi connectivity index (χ0v) is 12.5. The molecule has 0 radical (unpaired) electrons. The Hall–Kier alpha value is -2.11. The predicted molar refractivity (Wildman–Crippen MR) is 79.1 cm³/mol. The van der Waals surface area contributed by atoms with E-state index in [4.69, 9.17) is 5.11 Å². The first-order valence-electron chi connectivity index (χ1n) is 6.98. The molecule has 2 amide bonds. The Morgan fingerprint density at radius 3 is 2.57 bits per heavy atom. The molecule has 1 rings (SSSR count). The first-order valence-corrected chi connectivity index (χ1v) is 6.98. The fourth-order valence-electron chi connectivity index (χ4n) is 1.90. The number of urea groups is 1. The van der Waals surface area contributed by atoms with Crippen LogP contribution in [0.1, 0.15) is 37.6 Å². The number of anilines is 1. The third kappa shape index (κ3) is 4.44. The molecule has 0 aromatic heterocycles. The molecule has 5 nitrogen and oxygen atoms in total. The van der Waals surface area contributed by atoms with E-state index < -0.39 is 23.4 Å². The summed E-state index contributed by atoms with van der Waals surface area (Å²) in [5.74, 6) is -1.94. The van der Waals surface area contributed by atoms with Gasteiger partial charge in [-0.05, 0) is 25.0 Å². The minimum Gasteiger partial charge on any atom is -0.478 e. The van der Waals surface area contributed by atoms with E-state index in [1.165, 1.54) is 12.1 Å². The molecule has 2 N–H and O–H groups in total. The Morgan fingerprint density at radius 1 is 1.38 bits per heavy atom. The SMILES string of the molecule is CCC(C)CN(CC)C(=O)Nc1cccc(F)c1C(=O)O. The normalized spacial score (nSPS) is 11.8. The molecule has 0 saturated heterocycles. The summed E-state index contributed by atoms with van der Waals surface area (Å²) in [5, 5.41) is 11.5. The Bertz CT molecular complexity index is 520. The van der Waals surface area contributed by atoms with Crippen LogP contribution in [0.3, 0.4) is 0 Å². The molecule has 0 aliphatic carbocycles. The van der Waals surface area contributed by atoms with Crippen LogP contribution in [0.4, 0.5) is 14.9 Å². The first kappa shape index (κ1) is 16.9. The van der Waals surface area contributed by atoms with Crippen molar-refractivity contribution in [2.24, 2.45) is 5.92 Å². The monoisotopic (exact) mass is 296 g/mol. The first-order chi connectivity index (χ1) is 9.90. The van der Waals surface area contributed by atoms with E-state index in [1.807, 2.05) is 20.8 Å². The van der Waals surface area contributed by atoms with Crippen molar-refractivity contribution in [2.75, 3.05) is 18.4 Å². The molecule has 0 heterocycles. The van der Waals surface area contributed by atoms with Crippen LogP contribution in [0.25, 0.3) is 0 Å². The van der Waals surface area contributed by atoms with Crippen molar-refractivity contribution in [2.45, 2.75) is 27.2 Å². The van der Waals surface area contributed by atoms with Crippen LogP contribution in [-0.2, 0) is 0 Å². The van der Waals surface area contributed by atoms with Gasteiger partial charge in [0.1, 0.15) is 11.4 Å². The number of carboxylic acid groups (broad SMARTS) is 1. The summed E-state index contributed by atoms with van der Waals surface area (Å²) >= 11 is 0. The Morgan fingerprint density at radius 2 is 2.05 bits per heavy atom. The molecule has 0 aliphatic rings. The van der Waals surface area contributed by atoms with E-state index in [0.717, 1.165) is 12.5 Å². The summed E-state index contributed by atoms with van der Waals surface area (Å²) < 4.78 is 13.6. The van der Waals surface area contributed by atoms with Crippen LogP contribution >= 0.6 is 0 Å². The van der Waals surface area contributed by atoms with E-state index in [0.29, 0.717) is 19.0 Å². The average Bonchev–Trinajstić information content (AvgIpc) is 2.43. The summed E-state index contributed by atoms with van der Waals surface area (Å²) in [6.07, 6.45) is 0.935. The van der Waals surface area contributed by atoms with Gasteiger partial charge < -0.3 is 15.3 Å². The van der Waals surface area contributed by atoms with Gasteiger partial charge >= 0.3 is 12.0 Å². The summed E-state index contributed by atoms with van der Waals surface area (Å²) in [6.45, 7) is 6.96. The molecule has 21 heavy (non-hydrogen) atoms. The van der Waals surface area contributed by atoms with Crippen LogP contribution in [0, 0.1) is 11.7 Å². The van der Waals surface area contributed by atoms with Gasteiger partial charge in [-0.1, -0.05) is 26.3 Å². The zero-order valence-electron chi connectivity index (χ0n) is 12.5. The summed E-state index contributed by atoms with van der Waals surface area (Å²) in [4.78, 5) is 24.8. The van der Waals surface area contributed by atoms with Crippen molar-refractivity contribution in [1.29, 1.82) is 0 Å². The van der Waals surface area contributed by atoms with Gasteiger partial charge in [-0.15, -0.1) is 0 Å². The summed E-state index contributed by atoms with van der Waals surface area (Å²) in [7, 11) is 0. The highest BCUT2D eigenvalue weighted by Crippen LogP contribution is 2.19. The van der Waals surface area contributed by atoms with Crippen LogP contribution < -0.4 is 5.32 Å². The van der Waals surface area contributed by atoms with E-state index in [2.05, 4.69) is 5.32 Å². The van der Waals surface area contributed by atoms with Crippen molar-refractivity contribution < 1.29 is 19.1 Å². The quantitative estimate of drug-likeness (QED) is 0.845. The highest BCUT2D eigenvalue weighted by Gasteiger charge is 2.20. The maximum Gasteiger partial charge on any atom is 0.340 e. The second kappa shape index (κ2) is 7.61. The number of aromatic carboxylic acids is 1. The highest BCUT2D eigenvalue weighted by molar-refractivity contribution is 6.00. The number of hydrogen-bond donors (Lipinski definition) is 2. The van der Waals surface area contributed by atoms with Gasteiger partial charge in [0.15, 0.2) is 0 Å². The van der Waals surface area contributed by atoms with E-state index in [1.54, 1.807) is 4.90 Å². The topological polar surface area (TPSA) is 69.6 Å². The van der Waals surface area contributed by atoms with Crippen molar-refractivity contribution in [1.82, 2.24) is 4.90 Å². The number of rotatable bonds is 6. The van der Waals surface area contributed by atoms with E-state index in [-0.39, 0.29) is 5.69 Å². The number of benzene rings is 1. The smallest absolute Gasteiger partial charge is 0.340 e. The van der Waals surface area contributed by atoms with Gasteiger partial charge in [-0.25, -0.2) is 14.0 Å². The molecule has 1 aromatic rings. The van der Waals surface area contributed by atoms with Gasteiger partial charge in [0.25, 0.3) is 0 Å². The zero-order chi connectivity index (χ0) is 16.0. The maximum absolute atomic E-state index is 13.6. The molecule has 0 bridgehead atoms. The summed E-state index contributed by atoms with van der Waals surface area (Å²) in [5.41, 5.74) is -0.555. The number of amides is 2. The Labute approximate surface area is 123 Å². The molecule has 0 saturated carbocycles. The Kier molecular flexibility index (Phi) is 6.14. The number of carbonyl (C=O) groups is 2. The largest absolute Gasteiger partial charge is 0.478 e. The average molecular weight is 296 g/mol. The number of halogens is 1. The number of carboxylic acids is 1. The minimum absolute atomic E-state index is 0.0323. The van der Waals surface area contributed by atoms with Gasteiger partial charge in [0.2, 0.25) is 0 Å². The fraction of sp³-hybridized carbons (Fsp3) is 0.467. The molecule has 0 spiro atoms. The number of carbonyl (C=O) groups excluding carboxylic acids is 1. The lowest BCUT2D eigenvalue weighted by Gasteiger charge is -2.24. The molecule has 0 fully saturated rings. The van der Waals surface area contributed by atoms with Crippen LogP contribution in [-0.4, -0.2) is 35.1 Å². The molecule has 6 heteroatoms. The molecule has 1 atom stereocenters. The Balaban J connectivity index is 2.92. The fourth-order valence-corrected chi connectivity index (χ4v) is 1.90. The third-order valence-electron chi connectivity index (χ3n) is 3.37. The third-order valence-corrected chi connectivity index (χ3v) is 3.37. The van der Waals surface area contributed by atoms with Crippen molar-refractivity contribution in [3.8, 4) is 0 Å². The molecular formula is C15H21FN2O3. The second-order valence-electron chi connectivity index (χ2n) is 4.95. The van der Waals surface area contributed by atoms with Crippen molar-refractivity contribution in [3.63, 3.8) is 0 Å². The molecular weight excluding hydrogens is 275 g/mol. The van der Waals surface area contributed by atoms with Gasteiger partial charge in [0.05, 0.1) is 5.69 Å². The number of hydrogen-bond acceptors (Lipinski definition) is 2. The minimum atomic E-state index is -1.41.